The van der Waals surface area contributed by atoms with Gasteiger partial charge in [0.05, 0.1) is 6.42 Å². The molecule has 3 rings (SSSR count). The van der Waals surface area contributed by atoms with Gasteiger partial charge in [0.25, 0.3) is 5.92 Å². The minimum absolute atomic E-state index is 0.0186. The molecule has 25 heavy (non-hydrogen) atoms. The molecule has 1 aliphatic carbocycles. The summed E-state index contributed by atoms with van der Waals surface area (Å²) in [6.45, 7) is 0.328. The van der Waals surface area contributed by atoms with E-state index in [-0.39, 0.29) is 30.9 Å². The van der Waals surface area contributed by atoms with Crippen molar-refractivity contribution >= 4 is 5.91 Å². The highest BCUT2D eigenvalue weighted by atomic mass is 19.3. The molecule has 2 aromatic carbocycles. The van der Waals surface area contributed by atoms with Gasteiger partial charge in [-0.25, -0.2) is 8.78 Å². The van der Waals surface area contributed by atoms with Crippen LogP contribution in [0.5, 0.6) is 11.5 Å². The Kier molecular flexibility index (Phi) is 4.88. The van der Waals surface area contributed by atoms with Gasteiger partial charge in [0.1, 0.15) is 18.1 Å². The van der Waals surface area contributed by atoms with Crippen LogP contribution in [0.3, 0.4) is 0 Å². The quantitative estimate of drug-likeness (QED) is 0.842. The molecule has 132 valence electrons. The maximum Gasteiger partial charge on any atom is 0.252 e. The number of carbonyl (C=O) groups is 1. The van der Waals surface area contributed by atoms with E-state index >= 15 is 0 Å². The molecular weight excluding hydrogens is 328 g/mol. The zero-order chi connectivity index (χ0) is 17.9. The number of carbonyl (C=O) groups excluding carboxylic acids is 1. The molecule has 2 N–H and O–H groups in total. The van der Waals surface area contributed by atoms with Crippen LogP contribution in [-0.2, 0) is 17.8 Å². The zero-order valence-corrected chi connectivity index (χ0v) is 13.5. The summed E-state index contributed by atoms with van der Waals surface area (Å²) in [5.74, 6) is -2.54. The van der Waals surface area contributed by atoms with Gasteiger partial charge in [-0.3, -0.25) is 4.79 Å². The predicted octanol–water partition coefficient (Wildman–Crippen LogP) is 3.43. The molecule has 4 nitrogen and oxygen atoms in total. The average molecular weight is 347 g/mol. The molecule has 0 aliphatic heterocycles. The first-order chi connectivity index (χ1) is 11.9. The van der Waals surface area contributed by atoms with Crippen molar-refractivity contribution in [3.05, 3.63) is 59.7 Å². The van der Waals surface area contributed by atoms with Crippen molar-refractivity contribution in [2.45, 2.75) is 37.8 Å². The summed E-state index contributed by atoms with van der Waals surface area (Å²) in [4.78, 5) is 12.1. The Balaban J connectivity index is 1.61. The standard InChI is InChI=1S/C19H19F2NO3/c20-19(21)10-15(11-19)22-18(24)9-14-8-16(23)6-7-17(14)25-12-13-4-2-1-3-5-13/h1-8,15,23H,9-12H2,(H,22,24). The molecule has 1 saturated carbocycles. The Morgan fingerprint density at radius 1 is 1.20 bits per heavy atom. The minimum Gasteiger partial charge on any atom is -0.508 e. The molecule has 0 unspecified atom stereocenters. The van der Waals surface area contributed by atoms with Crippen LogP contribution >= 0.6 is 0 Å². The molecule has 0 spiro atoms. The monoisotopic (exact) mass is 347 g/mol. The minimum atomic E-state index is -2.67. The van der Waals surface area contributed by atoms with Gasteiger partial charge in [-0.05, 0) is 23.8 Å². The van der Waals surface area contributed by atoms with E-state index in [0.29, 0.717) is 17.9 Å². The smallest absolute Gasteiger partial charge is 0.252 e. The number of rotatable bonds is 6. The maximum absolute atomic E-state index is 12.8. The normalized spacial score (nSPS) is 16.1. The highest BCUT2D eigenvalue weighted by Crippen LogP contribution is 2.37. The third-order valence-electron chi connectivity index (χ3n) is 4.09. The number of hydrogen-bond acceptors (Lipinski definition) is 3. The van der Waals surface area contributed by atoms with Gasteiger partial charge in [0, 0.05) is 24.4 Å². The summed E-state index contributed by atoms with van der Waals surface area (Å²) in [7, 11) is 0. The van der Waals surface area contributed by atoms with Crippen LogP contribution in [0.25, 0.3) is 0 Å². The molecule has 6 heteroatoms. The molecule has 0 atom stereocenters. The van der Waals surface area contributed by atoms with Gasteiger partial charge in [-0.15, -0.1) is 0 Å². The van der Waals surface area contributed by atoms with Crippen molar-refractivity contribution in [1.29, 1.82) is 0 Å². The number of halogens is 2. The molecule has 1 fully saturated rings. The van der Waals surface area contributed by atoms with Gasteiger partial charge in [-0.1, -0.05) is 30.3 Å². The second-order valence-electron chi connectivity index (χ2n) is 6.27. The number of ether oxygens (including phenoxy) is 1. The first-order valence-electron chi connectivity index (χ1n) is 8.07. The molecule has 0 saturated heterocycles. The molecule has 0 aromatic heterocycles. The Hall–Kier alpha value is -2.63. The Bertz CT molecular complexity index is 742. The van der Waals surface area contributed by atoms with E-state index < -0.39 is 12.0 Å². The van der Waals surface area contributed by atoms with E-state index in [2.05, 4.69) is 5.32 Å². The summed E-state index contributed by atoms with van der Waals surface area (Å²) >= 11 is 0. The van der Waals surface area contributed by atoms with Crippen molar-refractivity contribution in [2.75, 3.05) is 0 Å². The Labute approximate surface area is 144 Å². The molecule has 2 aromatic rings. The lowest BCUT2D eigenvalue weighted by Crippen LogP contribution is -2.50. The van der Waals surface area contributed by atoms with Crippen LogP contribution < -0.4 is 10.1 Å². The summed E-state index contributed by atoms with van der Waals surface area (Å²) in [6.07, 6.45) is -0.688. The summed E-state index contributed by atoms with van der Waals surface area (Å²) in [5, 5.41) is 12.2. The number of phenols is 1. The second-order valence-corrected chi connectivity index (χ2v) is 6.27. The van der Waals surface area contributed by atoms with E-state index in [0.717, 1.165) is 5.56 Å². The molecule has 0 heterocycles. The van der Waals surface area contributed by atoms with Gasteiger partial charge in [-0.2, -0.15) is 0 Å². The topological polar surface area (TPSA) is 58.6 Å². The molecule has 1 aliphatic rings. The van der Waals surface area contributed by atoms with Crippen LogP contribution in [0.15, 0.2) is 48.5 Å². The van der Waals surface area contributed by atoms with Gasteiger partial charge in [0.15, 0.2) is 0 Å². The van der Waals surface area contributed by atoms with Crippen molar-refractivity contribution in [3.8, 4) is 11.5 Å². The summed E-state index contributed by atoms with van der Waals surface area (Å²) < 4.78 is 31.4. The second kappa shape index (κ2) is 7.09. The van der Waals surface area contributed by atoms with Crippen LogP contribution in [0, 0.1) is 0 Å². The number of amides is 1. The lowest BCUT2D eigenvalue weighted by atomic mass is 9.88. The van der Waals surface area contributed by atoms with E-state index in [1.165, 1.54) is 12.1 Å². The van der Waals surface area contributed by atoms with Gasteiger partial charge >= 0.3 is 0 Å². The van der Waals surface area contributed by atoms with Gasteiger partial charge < -0.3 is 15.2 Å². The first-order valence-corrected chi connectivity index (χ1v) is 8.07. The number of benzene rings is 2. The fraction of sp³-hybridized carbons (Fsp3) is 0.316. The van der Waals surface area contributed by atoms with Crippen molar-refractivity contribution in [3.63, 3.8) is 0 Å². The van der Waals surface area contributed by atoms with Gasteiger partial charge in [0.2, 0.25) is 5.91 Å². The third-order valence-corrected chi connectivity index (χ3v) is 4.09. The highest BCUT2D eigenvalue weighted by Gasteiger charge is 2.45. The fourth-order valence-corrected chi connectivity index (χ4v) is 2.80. The van der Waals surface area contributed by atoms with Crippen LogP contribution in [0.2, 0.25) is 0 Å². The van der Waals surface area contributed by atoms with Crippen LogP contribution in [0.1, 0.15) is 24.0 Å². The fourth-order valence-electron chi connectivity index (χ4n) is 2.80. The largest absolute Gasteiger partial charge is 0.508 e. The number of nitrogens with one attached hydrogen (secondary N) is 1. The molecule has 0 radical (unpaired) electrons. The number of hydrogen-bond donors (Lipinski definition) is 2. The van der Waals surface area contributed by atoms with Crippen molar-refractivity contribution in [1.82, 2.24) is 5.32 Å². The lowest BCUT2D eigenvalue weighted by Gasteiger charge is -2.35. The van der Waals surface area contributed by atoms with Crippen molar-refractivity contribution < 1.29 is 23.4 Å². The summed E-state index contributed by atoms with van der Waals surface area (Å²) in [6, 6.07) is 13.6. The Morgan fingerprint density at radius 2 is 1.92 bits per heavy atom. The number of alkyl halides is 2. The summed E-state index contributed by atoms with van der Waals surface area (Å²) in [5.41, 5.74) is 1.49. The van der Waals surface area contributed by atoms with E-state index in [9.17, 15) is 18.7 Å². The number of phenolic OH excluding ortho intramolecular Hbond substituents is 1. The molecule has 1 amide bonds. The molecule has 0 bridgehead atoms. The maximum atomic E-state index is 12.8. The number of aromatic hydroxyl groups is 1. The zero-order valence-electron chi connectivity index (χ0n) is 13.5. The first kappa shape index (κ1) is 17.2. The highest BCUT2D eigenvalue weighted by molar-refractivity contribution is 5.80. The SMILES string of the molecule is O=C(Cc1cc(O)ccc1OCc1ccccc1)NC1CC(F)(F)C1. The third kappa shape index (κ3) is 4.68. The average Bonchev–Trinajstić information content (AvgIpc) is 2.53. The molecular formula is C19H19F2NO3. The van der Waals surface area contributed by atoms with Crippen molar-refractivity contribution in [2.24, 2.45) is 0 Å². The lowest BCUT2D eigenvalue weighted by molar-refractivity contribution is -0.128. The van der Waals surface area contributed by atoms with E-state index in [4.69, 9.17) is 4.74 Å². The van der Waals surface area contributed by atoms with E-state index in [1.54, 1.807) is 6.07 Å². The van der Waals surface area contributed by atoms with Crippen LogP contribution in [-0.4, -0.2) is 23.0 Å². The predicted molar refractivity (Wildman–Crippen MR) is 88.7 cm³/mol. The van der Waals surface area contributed by atoms with Crippen LogP contribution in [0.4, 0.5) is 8.78 Å². The Morgan fingerprint density at radius 3 is 2.60 bits per heavy atom. The van der Waals surface area contributed by atoms with E-state index in [1.807, 2.05) is 30.3 Å².